The SMILES string of the molecule is C[C@H]1CC(Cn2ncc3cc(-c4cn[nH]c4)ccc32)CN1S(=O)(=O)c1ccc(F)cc1. The highest BCUT2D eigenvalue weighted by Crippen LogP contribution is 2.31. The quantitative estimate of drug-likeness (QED) is 0.514. The van der Waals surface area contributed by atoms with E-state index < -0.39 is 15.8 Å². The Labute approximate surface area is 179 Å². The molecule has 2 aromatic carbocycles. The lowest BCUT2D eigenvalue weighted by Gasteiger charge is -2.21. The van der Waals surface area contributed by atoms with E-state index in [4.69, 9.17) is 0 Å². The summed E-state index contributed by atoms with van der Waals surface area (Å²) in [5.41, 5.74) is 3.09. The maximum absolute atomic E-state index is 13.2. The van der Waals surface area contributed by atoms with Gasteiger partial charge in [0.15, 0.2) is 0 Å². The van der Waals surface area contributed by atoms with E-state index in [1.807, 2.05) is 36.1 Å². The molecule has 0 saturated carbocycles. The fourth-order valence-electron chi connectivity index (χ4n) is 4.38. The molecule has 0 radical (unpaired) electrons. The average Bonchev–Trinajstić information content (AvgIpc) is 3.49. The Kier molecular flexibility index (Phi) is 4.86. The Morgan fingerprint density at radius 2 is 1.94 bits per heavy atom. The number of nitrogens with one attached hydrogen (secondary N) is 1. The summed E-state index contributed by atoms with van der Waals surface area (Å²) in [6, 6.07) is 11.0. The van der Waals surface area contributed by atoms with Gasteiger partial charge in [-0.1, -0.05) is 6.07 Å². The molecule has 160 valence electrons. The Hall–Kier alpha value is -3.04. The number of aromatic amines is 1. The van der Waals surface area contributed by atoms with Crippen molar-refractivity contribution in [3.05, 3.63) is 66.9 Å². The van der Waals surface area contributed by atoms with Gasteiger partial charge >= 0.3 is 0 Å². The molecule has 2 atom stereocenters. The molecule has 5 rings (SSSR count). The Bertz CT molecular complexity index is 1320. The Balaban J connectivity index is 1.35. The number of H-pyrrole nitrogens is 1. The molecule has 1 aliphatic rings. The van der Waals surface area contributed by atoms with Gasteiger partial charge in [-0.05, 0) is 61.2 Å². The van der Waals surface area contributed by atoms with Gasteiger partial charge in [0.1, 0.15) is 5.82 Å². The molecule has 1 saturated heterocycles. The van der Waals surface area contributed by atoms with Gasteiger partial charge in [-0.3, -0.25) is 9.78 Å². The van der Waals surface area contributed by atoms with Gasteiger partial charge in [0.2, 0.25) is 10.0 Å². The van der Waals surface area contributed by atoms with Crippen LogP contribution in [0.4, 0.5) is 4.39 Å². The van der Waals surface area contributed by atoms with Crippen LogP contribution in [0.1, 0.15) is 13.3 Å². The van der Waals surface area contributed by atoms with Gasteiger partial charge in [-0.25, -0.2) is 12.8 Å². The molecule has 1 fully saturated rings. The minimum absolute atomic E-state index is 0.123. The highest BCUT2D eigenvalue weighted by atomic mass is 32.2. The summed E-state index contributed by atoms with van der Waals surface area (Å²) >= 11 is 0. The molecule has 2 aromatic heterocycles. The zero-order chi connectivity index (χ0) is 21.6. The second-order valence-corrected chi connectivity index (χ2v) is 9.96. The molecule has 1 unspecified atom stereocenters. The summed E-state index contributed by atoms with van der Waals surface area (Å²) < 4.78 is 42.8. The molecule has 4 aromatic rings. The van der Waals surface area contributed by atoms with E-state index in [1.165, 1.54) is 28.6 Å². The zero-order valence-corrected chi connectivity index (χ0v) is 17.8. The minimum Gasteiger partial charge on any atom is -0.285 e. The molecule has 1 aliphatic heterocycles. The van der Waals surface area contributed by atoms with Gasteiger partial charge in [0.25, 0.3) is 0 Å². The van der Waals surface area contributed by atoms with E-state index >= 15 is 0 Å². The second-order valence-electron chi connectivity index (χ2n) is 8.07. The molecule has 0 spiro atoms. The standard InChI is InChI=1S/C22H22FN5O2S/c1-15-8-16(14-28(15)31(29,30)21-5-3-20(23)4-6-21)13-27-22-7-2-17(9-18(22)12-26-27)19-10-24-25-11-19/h2-7,9-12,15-16H,8,13-14H2,1H3,(H,24,25)/t15-,16?/m0/s1. The zero-order valence-electron chi connectivity index (χ0n) is 16.9. The summed E-state index contributed by atoms with van der Waals surface area (Å²) in [5.74, 6) is -0.311. The molecular formula is C22H22FN5O2S. The van der Waals surface area contributed by atoms with Crippen molar-refractivity contribution in [3.63, 3.8) is 0 Å². The number of benzene rings is 2. The molecule has 9 heteroatoms. The molecular weight excluding hydrogens is 417 g/mol. The van der Waals surface area contributed by atoms with E-state index in [9.17, 15) is 12.8 Å². The first-order valence-corrected chi connectivity index (χ1v) is 11.6. The summed E-state index contributed by atoms with van der Waals surface area (Å²) in [6.07, 6.45) is 6.21. The first kappa shape index (κ1) is 19.9. The summed E-state index contributed by atoms with van der Waals surface area (Å²) in [6.45, 7) is 2.96. The van der Waals surface area contributed by atoms with Crippen LogP contribution < -0.4 is 0 Å². The third-order valence-corrected chi connectivity index (χ3v) is 7.92. The maximum atomic E-state index is 13.2. The van der Waals surface area contributed by atoms with Crippen molar-refractivity contribution in [2.45, 2.75) is 30.8 Å². The fraction of sp³-hybridized carbons (Fsp3) is 0.273. The van der Waals surface area contributed by atoms with Gasteiger partial charge in [0, 0.05) is 36.3 Å². The fourth-order valence-corrected chi connectivity index (χ4v) is 6.10. The van der Waals surface area contributed by atoms with E-state index in [1.54, 1.807) is 6.20 Å². The highest BCUT2D eigenvalue weighted by Gasteiger charge is 2.38. The van der Waals surface area contributed by atoms with Crippen molar-refractivity contribution in [2.75, 3.05) is 6.54 Å². The number of hydrogen-bond acceptors (Lipinski definition) is 4. The lowest BCUT2D eigenvalue weighted by atomic mass is 10.1. The van der Waals surface area contributed by atoms with Crippen molar-refractivity contribution in [2.24, 2.45) is 5.92 Å². The summed E-state index contributed by atoms with van der Waals surface area (Å²) in [4.78, 5) is 0.123. The minimum atomic E-state index is -3.66. The lowest BCUT2D eigenvalue weighted by molar-refractivity contribution is 0.396. The third kappa shape index (κ3) is 3.64. The van der Waals surface area contributed by atoms with Gasteiger partial charge in [-0.2, -0.15) is 14.5 Å². The smallest absolute Gasteiger partial charge is 0.243 e. The van der Waals surface area contributed by atoms with Crippen LogP contribution in [0.2, 0.25) is 0 Å². The molecule has 31 heavy (non-hydrogen) atoms. The van der Waals surface area contributed by atoms with E-state index in [-0.39, 0.29) is 16.9 Å². The molecule has 1 N–H and O–H groups in total. The normalized spacial score (nSPS) is 19.9. The predicted molar refractivity (Wildman–Crippen MR) is 115 cm³/mol. The highest BCUT2D eigenvalue weighted by molar-refractivity contribution is 7.89. The number of fused-ring (bicyclic) bond motifs is 1. The van der Waals surface area contributed by atoms with Crippen LogP contribution in [0.3, 0.4) is 0 Å². The third-order valence-electron chi connectivity index (χ3n) is 5.93. The van der Waals surface area contributed by atoms with Crippen LogP contribution in [0, 0.1) is 11.7 Å². The predicted octanol–water partition coefficient (Wildman–Crippen LogP) is 3.66. The van der Waals surface area contributed by atoms with Crippen molar-refractivity contribution in [1.29, 1.82) is 0 Å². The number of halogens is 1. The van der Waals surface area contributed by atoms with Crippen LogP contribution in [0.5, 0.6) is 0 Å². The second kappa shape index (κ2) is 7.58. The number of aromatic nitrogens is 4. The van der Waals surface area contributed by atoms with Gasteiger partial charge in [0.05, 0.1) is 22.8 Å². The first-order valence-electron chi connectivity index (χ1n) is 10.1. The molecule has 0 bridgehead atoms. The van der Waals surface area contributed by atoms with Crippen molar-refractivity contribution >= 4 is 20.9 Å². The largest absolute Gasteiger partial charge is 0.285 e. The summed E-state index contributed by atoms with van der Waals surface area (Å²) in [7, 11) is -3.66. The Morgan fingerprint density at radius 1 is 1.13 bits per heavy atom. The monoisotopic (exact) mass is 439 g/mol. The van der Waals surface area contributed by atoms with E-state index in [0.29, 0.717) is 13.1 Å². The van der Waals surface area contributed by atoms with Gasteiger partial charge < -0.3 is 0 Å². The van der Waals surface area contributed by atoms with Crippen LogP contribution in [0.25, 0.3) is 22.0 Å². The summed E-state index contributed by atoms with van der Waals surface area (Å²) in [5, 5.41) is 12.4. The lowest BCUT2D eigenvalue weighted by Crippen LogP contribution is -2.34. The maximum Gasteiger partial charge on any atom is 0.243 e. The van der Waals surface area contributed by atoms with Gasteiger partial charge in [-0.15, -0.1) is 0 Å². The van der Waals surface area contributed by atoms with Crippen LogP contribution in [-0.2, 0) is 16.6 Å². The number of rotatable bonds is 5. The van der Waals surface area contributed by atoms with Crippen molar-refractivity contribution < 1.29 is 12.8 Å². The molecule has 0 aliphatic carbocycles. The average molecular weight is 440 g/mol. The number of nitrogens with zero attached hydrogens (tertiary/aromatic N) is 4. The molecule has 3 heterocycles. The topological polar surface area (TPSA) is 83.9 Å². The van der Waals surface area contributed by atoms with Crippen LogP contribution >= 0.6 is 0 Å². The molecule has 0 amide bonds. The number of hydrogen-bond donors (Lipinski definition) is 1. The first-order chi connectivity index (χ1) is 14.9. The van der Waals surface area contributed by atoms with Crippen LogP contribution in [-0.4, -0.2) is 45.3 Å². The molecule has 7 nitrogen and oxygen atoms in total. The van der Waals surface area contributed by atoms with E-state index in [2.05, 4.69) is 21.4 Å². The van der Waals surface area contributed by atoms with Crippen molar-refractivity contribution in [3.8, 4) is 11.1 Å². The van der Waals surface area contributed by atoms with Crippen molar-refractivity contribution in [1.82, 2.24) is 24.3 Å². The number of sulfonamides is 1. The van der Waals surface area contributed by atoms with E-state index in [0.717, 1.165) is 28.5 Å². The Morgan fingerprint density at radius 3 is 2.68 bits per heavy atom. The van der Waals surface area contributed by atoms with Crippen LogP contribution in [0.15, 0.2) is 66.0 Å².